The summed E-state index contributed by atoms with van der Waals surface area (Å²) in [7, 11) is 0. The Hall–Kier alpha value is -3.16. The predicted octanol–water partition coefficient (Wildman–Crippen LogP) is 2.32. The van der Waals surface area contributed by atoms with Crippen LogP contribution in [-0.4, -0.2) is 31.1 Å². The average molecular weight is 426 g/mol. The fourth-order valence-electron chi connectivity index (χ4n) is 3.58. The fourth-order valence-corrected chi connectivity index (χ4v) is 3.58. The van der Waals surface area contributed by atoms with Crippen molar-refractivity contribution < 1.29 is 4.79 Å². The van der Waals surface area contributed by atoms with E-state index in [-0.39, 0.29) is 12.5 Å². The average Bonchev–Trinajstić information content (AvgIpc) is 3.20. The summed E-state index contributed by atoms with van der Waals surface area (Å²) < 4.78 is 4.37. The number of nitrogens with one attached hydrogen (secondary N) is 1. The molecule has 0 unspecified atom stereocenters. The van der Waals surface area contributed by atoms with Crippen LogP contribution in [0.5, 0.6) is 0 Å². The topological polar surface area (TPSA) is 90.9 Å². The summed E-state index contributed by atoms with van der Waals surface area (Å²) in [5.74, 6) is -0.351. The highest BCUT2D eigenvalue weighted by molar-refractivity contribution is 5.76. The maximum Gasteiger partial charge on any atom is 0.333 e. The summed E-state index contributed by atoms with van der Waals surface area (Å²) in [4.78, 5) is 43.1. The molecule has 2 heterocycles. The van der Waals surface area contributed by atoms with Gasteiger partial charge in [0.2, 0.25) is 5.91 Å². The molecule has 2 aromatic heterocycles. The number of rotatable bonds is 11. The van der Waals surface area contributed by atoms with Gasteiger partial charge in [0.1, 0.15) is 6.54 Å². The summed E-state index contributed by atoms with van der Waals surface area (Å²) in [5, 5.41) is 2.82. The van der Waals surface area contributed by atoms with Crippen molar-refractivity contribution in [1.82, 2.24) is 24.0 Å². The minimum atomic E-state index is -0.482. The van der Waals surface area contributed by atoms with Crippen LogP contribution in [0.25, 0.3) is 11.2 Å². The van der Waals surface area contributed by atoms with E-state index in [1.54, 1.807) is 10.9 Å². The zero-order valence-corrected chi connectivity index (χ0v) is 18.3. The third-order valence-corrected chi connectivity index (χ3v) is 5.35. The van der Waals surface area contributed by atoms with Crippen molar-refractivity contribution in [3.63, 3.8) is 0 Å². The molecule has 0 aliphatic rings. The van der Waals surface area contributed by atoms with Gasteiger partial charge in [0.05, 0.1) is 6.33 Å². The predicted molar refractivity (Wildman–Crippen MR) is 121 cm³/mol. The zero-order chi connectivity index (χ0) is 22.2. The van der Waals surface area contributed by atoms with Crippen LogP contribution in [0.15, 0.2) is 46.2 Å². The van der Waals surface area contributed by atoms with E-state index in [1.807, 2.05) is 37.3 Å². The molecule has 0 aliphatic carbocycles. The summed E-state index contributed by atoms with van der Waals surface area (Å²) in [5.41, 5.74) is 0.967. The van der Waals surface area contributed by atoms with Crippen LogP contribution in [0.4, 0.5) is 0 Å². The Morgan fingerprint density at radius 1 is 1.00 bits per heavy atom. The van der Waals surface area contributed by atoms with Crippen LogP contribution in [0.3, 0.4) is 0 Å². The van der Waals surface area contributed by atoms with Crippen LogP contribution in [-0.2, 0) is 30.8 Å². The van der Waals surface area contributed by atoms with E-state index in [2.05, 4.69) is 17.2 Å². The Bertz CT molecular complexity index is 1130. The highest BCUT2D eigenvalue weighted by atomic mass is 16.2. The Balaban J connectivity index is 1.86. The molecule has 0 atom stereocenters. The SMILES string of the molecule is CCCCn1cnc2c1c(=O)n(CC(=O)NCCc1ccccc1)c(=O)n2CCCC. The number of hydrogen-bond donors (Lipinski definition) is 1. The largest absolute Gasteiger partial charge is 0.354 e. The van der Waals surface area contributed by atoms with Gasteiger partial charge in [0.25, 0.3) is 5.56 Å². The summed E-state index contributed by atoms with van der Waals surface area (Å²) in [6, 6.07) is 9.83. The van der Waals surface area contributed by atoms with Crippen LogP contribution >= 0.6 is 0 Å². The molecule has 31 heavy (non-hydrogen) atoms. The molecule has 1 N–H and O–H groups in total. The van der Waals surface area contributed by atoms with E-state index in [0.717, 1.165) is 35.8 Å². The van der Waals surface area contributed by atoms with E-state index in [0.29, 0.717) is 37.2 Å². The normalized spacial score (nSPS) is 11.2. The van der Waals surface area contributed by atoms with Gasteiger partial charge in [-0.25, -0.2) is 14.3 Å². The summed E-state index contributed by atoms with van der Waals surface area (Å²) in [6.07, 6.45) is 5.88. The van der Waals surface area contributed by atoms with Gasteiger partial charge in [-0.2, -0.15) is 0 Å². The minimum Gasteiger partial charge on any atom is -0.354 e. The molecule has 166 valence electrons. The molecule has 1 amide bonds. The van der Waals surface area contributed by atoms with Gasteiger partial charge in [-0.3, -0.25) is 14.2 Å². The lowest BCUT2D eigenvalue weighted by Crippen LogP contribution is -2.44. The van der Waals surface area contributed by atoms with Crippen LogP contribution in [0.2, 0.25) is 0 Å². The van der Waals surface area contributed by atoms with Crippen molar-refractivity contribution in [3.8, 4) is 0 Å². The molecular formula is C23H31N5O3. The smallest absolute Gasteiger partial charge is 0.333 e. The number of aryl methyl sites for hydroxylation is 2. The molecule has 3 aromatic rings. The molecule has 1 aromatic carbocycles. The maximum atomic E-state index is 13.2. The van der Waals surface area contributed by atoms with E-state index >= 15 is 0 Å². The monoisotopic (exact) mass is 425 g/mol. The molecule has 0 spiro atoms. The molecular weight excluding hydrogens is 394 g/mol. The first-order valence-electron chi connectivity index (χ1n) is 11.1. The number of carbonyl (C=O) groups is 1. The third kappa shape index (κ3) is 5.31. The Morgan fingerprint density at radius 3 is 2.42 bits per heavy atom. The van der Waals surface area contributed by atoms with E-state index < -0.39 is 11.2 Å². The number of benzene rings is 1. The van der Waals surface area contributed by atoms with Crippen molar-refractivity contribution in [2.24, 2.45) is 0 Å². The van der Waals surface area contributed by atoms with E-state index in [9.17, 15) is 14.4 Å². The molecule has 3 rings (SSSR count). The number of hydrogen-bond acceptors (Lipinski definition) is 4. The Morgan fingerprint density at radius 2 is 1.71 bits per heavy atom. The fraction of sp³-hybridized carbons (Fsp3) is 0.478. The number of fused-ring (bicyclic) bond motifs is 1. The van der Waals surface area contributed by atoms with Gasteiger partial charge in [0.15, 0.2) is 11.2 Å². The number of amides is 1. The first-order valence-corrected chi connectivity index (χ1v) is 11.1. The third-order valence-electron chi connectivity index (χ3n) is 5.35. The van der Waals surface area contributed by atoms with E-state index in [4.69, 9.17) is 0 Å². The van der Waals surface area contributed by atoms with Gasteiger partial charge in [-0.05, 0) is 24.8 Å². The Kier molecular flexibility index (Phi) is 7.81. The highest BCUT2D eigenvalue weighted by Gasteiger charge is 2.19. The summed E-state index contributed by atoms with van der Waals surface area (Å²) in [6.45, 7) is 5.38. The quantitative estimate of drug-likeness (QED) is 0.510. The molecule has 0 saturated heterocycles. The lowest BCUT2D eigenvalue weighted by molar-refractivity contribution is -0.121. The van der Waals surface area contributed by atoms with Gasteiger partial charge in [-0.15, -0.1) is 0 Å². The van der Waals surface area contributed by atoms with Gasteiger partial charge in [-0.1, -0.05) is 57.0 Å². The van der Waals surface area contributed by atoms with Crippen LogP contribution in [0.1, 0.15) is 45.1 Å². The zero-order valence-electron chi connectivity index (χ0n) is 18.3. The van der Waals surface area contributed by atoms with Crippen molar-refractivity contribution in [2.75, 3.05) is 6.54 Å². The Labute approximate surface area is 181 Å². The van der Waals surface area contributed by atoms with Gasteiger partial charge in [0, 0.05) is 19.6 Å². The lowest BCUT2D eigenvalue weighted by atomic mass is 10.1. The molecule has 0 fully saturated rings. The van der Waals surface area contributed by atoms with Crippen molar-refractivity contribution in [1.29, 1.82) is 0 Å². The van der Waals surface area contributed by atoms with Gasteiger partial charge < -0.3 is 9.88 Å². The first-order chi connectivity index (χ1) is 15.1. The van der Waals surface area contributed by atoms with Crippen LogP contribution < -0.4 is 16.6 Å². The minimum absolute atomic E-state index is 0.298. The second-order valence-electron chi connectivity index (χ2n) is 7.73. The number of nitrogens with zero attached hydrogens (tertiary/aromatic N) is 4. The standard InChI is InChI=1S/C23H31N5O3/c1-3-5-14-26-17-25-21-20(26)22(30)28(23(31)27(21)15-6-4-2)16-19(29)24-13-12-18-10-8-7-9-11-18/h7-11,17H,3-6,12-16H2,1-2H3,(H,24,29). The van der Waals surface area contributed by atoms with Crippen molar-refractivity contribution in [2.45, 2.75) is 65.6 Å². The number of carbonyl (C=O) groups excluding carboxylic acids is 1. The number of unbranched alkanes of at least 4 members (excludes halogenated alkanes) is 2. The van der Waals surface area contributed by atoms with Crippen molar-refractivity contribution in [3.05, 3.63) is 63.1 Å². The second-order valence-corrected chi connectivity index (χ2v) is 7.73. The first kappa shape index (κ1) is 22.5. The van der Waals surface area contributed by atoms with Crippen LogP contribution in [0, 0.1) is 0 Å². The molecule has 0 aliphatic heterocycles. The lowest BCUT2D eigenvalue weighted by Gasteiger charge is -2.12. The molecule has 8 heteroatoms. The molecule has 8 nitrogen and oxygen atoms in total. The second kappa shape index (κ2) is 10.7. The highest BCUT2D eigenvalue weighted by Crippen LogP contribution is 2.09. The van der Waals surface area contributed by atoms with Crippen molar-refractivity contribution >= 4 is 17.1 Å². The molecule has 0 bridgehead atoms. The van der Waals surface area contributed by atoms with E-state index in [1.165, 1.54) is 4.57 Å². The number of imidazole rings is 1. The number of aromatic nitrogens is 4. The summed E-state index contributed by atoms with van der Waals surface area (Å²) >= 11 is 0. The molecule has 0 saturated carbocycles. The van der Waals surface area contributed by atoms with Gasteiger partial charge >= 0.3 is 5.69 Å². The molecule has 0 radical (unpaired) electrons. The maximum absolute atomic E-state index is 13.2.